The molecular formula is C16H14N4O5S. The Bertz CT molecular complexity index is 840. The quantitative estimate of drug-likeness (QED) is 0.468. The Morgan fingerprint density at radius 2 is 1.58 bits per heavy atom. The van der Waals surface area contributed by atoms with E-state index in [0.717, 1.165) is 23.8 Å². The standard InChI is InChI=1S/C16H14N4O5S/c1-10(11-5-3-2-4-6-11)17-16(26)18-15(21)12-7-13(19(22)23)9-14(8-12)20(24)25/h2-10H,1H3,(H2,17,18,21,26). The van der Waals surface area contributed by atoms with E-state index in [0.29, 0.717) is 0 Å². The summed E-state index contributed by atoms with van der Waals surface area (Å²) in [5.74, 6) is -0.783. The lowest BCUT2D eigenvalue weighted by Crippen LogP contribution is -2.40. The van der Waals surface area contributed by atoms with Gasteiger partial charge in [-0.25, -0.2) is 0 Å². The molecule has 10 heteroatoms. The first-order valence-electron chi connectivity index (χ1n) is 7.38. The Morgan fingerprint density at radius 3 is 2.08 bits per heavy atom. The van der Waals surface area contributed by atoms with Crippen molar-refractivity contribution in [2.45, 2.75) is 13.0 Å². The number of nitrogens with zero attached hydrogens (tertiary/aromatic N) is 2. The molecule has 0 fully saturated rings. The Hall–Kier alpha value is -3.40. The van der Waals surface area contributed by atoms with Crippen LogP contribution in [0, 0.1) is 20.2 Å². The molecular weight excluding hydrogens is 360 g/mol. The van der Waals surface area contributed by atoms with Crippen LogP contribution in [0.3, 0.4) is 0 Å². The van der Waals surface area contributed by atoms with Gasteiger partial charge in [-0.1, -0.05) is 30.3 Å². The molecule has 0 aliphatic rings. The van der Waals surface area contributed by atoms with Gasteiger partial charge in [-0.15, -0.1) is 0 Å². The number of hydrogen-bond acceptors (Lipinski definition) is 6. The highest BCUT2D eigenvalue weighted by atomic mass is 32.1. The molecule has 134 valence electrons. The van der Waals surface area contributed by atoms with Gasteiger partial charge in [-0.05, 0) is 24.7 Å². The summed E-state index contributed by atoms with van der Waals surface area (Å²) in [6.45, 7) is 1.84. The fraction of sp³-hybridized carbons (Fsp3) is 0.125. The van der Waals surface area contributed by atoms with Crippen molar-refractivity contribution < 1.29 is 14.6 Å². The Labute approximate surface area is 153 Å². The number of nitrogens with one attached hydrogen (secondary N) is 2. The van der Waals surface area contributed by atoms with E-state index < -0.39 is 27.1 Å². The molecule has 2 N–H and O–H groups in total. The molecule has 1 atom stereocenters. The smallest absolute Gasteiger partial charge is 0.277 e. The van der Waals surface area contributed by atoms with E-state index in [9.17, 15) is 25.0 Å². The number of rotatable bonds is 5. The zero-order valence-electron chi connectivity index (χ0n) is 13.5. The van der Waals surface area contributed by atoms with Crippen molar-refractivity contribution in [1.29, 1.82) is 0 Å². The number of non-ortho nitro benzene ring substituents is 2. The molecule has 0 radical (unpaired) electrons. The lowest BCUT2D eigenvalue weighted by Gasteiger charge is -2.16. The van der Waals surface area contributed by atoms with Crippen LogP contribution in [0.2, 0.25) is 0 Å². The highest BCUT2D eigenvalue weighted by Gasteiger charge is 2.20. The third kappa shape index (κ3) is 4.80. The predicted molar refractivity (Wildman–Crippen MR) is 97.8 cm³/mol. The highest BCUT2D eigenvalue weighted by Crippen LogP contribution is 2.22. The van der Waals surface area contributed by atoms with Crippen molar-refractivity contribution in [3.63, 3.8) is 0 Å². The second-order valence-electron chi connectivity index (χ2n) is 5.31. The van der Waals surface area contributed by atoms with E-state index in [2.05, 4.69) is 10.6 Å². The van der Waals surface area contributed by atoms with E-state index in [1.807, 2.05) is 37.3 Å². The van der Waals surface area contributed by atoms with Crippen LogP contribution in [0.25, 0.3) is 0 Å². The van der Waals surface area contributed by atoms with Crippen molar-refractivity contribution in [3.8, 4) is 0 Å². The first-order valence-corrected chi connectivity index (χ1v) is 7.79. The second kappa shape index (κ2) is 8.12. The van der Waals surface area contributed by atoms with Crippen molar-refractivity contribution in [1.82, 2.24) is 10.6 Å². The van der Waals surface area contributed by atoms with Gasteiger partial charge in [0.15, 0.2) is 5.11 Å². The monoisotopic (exact) mass is 374 g/mol. The molecule has 1 amide bonds. The van der Waals surface area contributed by atoms with Gasteiger partial charge in [0, 0.05) is 12.1 Å². The first kappa shape index (κ1) is 18.9. The molecule has 2 rings (SSSR count). The normalized spacial score (nSPS) is 11.3. The molecule has 9 nitrogen and oxygen atoms in total. The average molecular weight is 374 g/mol. The minimum absolute atomic E-state index is 0.000474. The van der Waals surface area contributed by atoms with Crippen LogP contribution in [-0.4, -0.2) is 20.9 Å². The fourth-order valence-electron chi connectivity index (χ4n) is 2.17. The molecule has 2 aromatic carbocycles. The third-order valence-electron chi connectivity index (χ3n) is 3.46. The SMILES string of the molecule is CC(NC(=S)NC(=O)c1cc([N+](=O)[O-])cc([N+](=O)[O-])c1)c1ccccc1. The van der Waals surface area contributed by atoms with Gasteiger partial charge in [0.25, 0.3) is 17.3 Å². The van der Waals surface area contributed by atoms with Crippen molar-refractivity contribution >= 4 is 34.6 Å². The molecule has 0 saturated carbocycles. The highest BCUT2D eigenvalue weighted by molar-refractivity contribution is 7.80. The molecule has 0 heterocycles. The predicted octanol–water partition coefficient (Wildman–Crippen LogP) is 2.87. The maximum atomic E-state index is 12.2. The van der Waals surface area contributed by atoms with E-state index in [1.165, 1.54) is 0 Å². The van der Waals surface area contributed by atoms with Crippen LogP contribution < -0.4 is 10.6 Å². The van der Waals surface area contributed by atoms with Gasteiger partial charge >= 0.3 is 0 Å². The number of carbonyl (C=O) groups excluding carboxylic acids is 1. The van der Waals surface area contributed by atoms with E-state index >= 15 is 0 Å². The third-order valence-corrected chi connectivity index (χ3v) is 3.68. The Balaban J connectivity index is 2.12. The van der Waals surface area contributed by atoms with Crippen molar-refractivity contribution in [2.24, 2.45) is 0 Å². The van der Waals surface area contributed by atoms with Gasteiger partial charge in [0.05, 0.1) is 27.5 Å². The zero-order valence-corrected chi connectivity index (χ0v) is 14.4. The van der Waals surface area contributed by atoms with Crippen LogP contribution in [0.15, 0.2) is 48.5 Å². The second-order valence-corrected chi connectivity index (χ2v) is 5.72. The molecule has 0 bridgehead atoms. The van der Waals surface area contributed by atoms with Crippen LogP contribution in [0.5, 0.6) is 0 Å². The fourth-order valence-corrected chi connectivity index (χ4v) is 2.44. The van der Waals surface area contributed by atoms with Gasteiger partial charge in [-0.2, -0.15) is 0 Å². The molecule has 0 spiro atoms. The first-order chi connectivity index (χ1) is 12.3. The number of hydrogen-bond donors (Lipinski definition) is 2. The molecule has 1 unspecified atom stereocenters. The summed E-state index contributed by atoms with van der Waals surface area (Å²) in [5.41, 5.74) is -0.403. The summed E-state index contributed by atoms with van der Waals surface area (Å²) in [7, 11) is 0. The van der Waals surface area contributed by atoms with Gasteiger partial charge in [0.2, 0.25) is 0 Å². The van der Waals surface area contributed by atoms with E-state index in [-0.39, 0.29) is 16.7 Å². The minimum atomic E-state index is -0.808. The van der Waals surface area contributed by atoms with Crippen LogP contribution in [0.4, 0.5) is 11.4 Å². The molecule has 2 aromatic rings. The van der Waals surface area contributed by atoms with Crippen LogP contribution in [0.1, 0.15) is 28.9 Å². The van der Waals surface area contributed by atoms with Crippen molar-refractivity contribution in [2.75, 3.05) is 0 Å². The largest absolute Gasteiger partial charge is 0.356 e. The van der Waals surface area contributed by atoms with Gasteiger partial charge in [0.1, 0.15) is 0 Å². The molecule has 0 aromatic heterocycles. The maximum Gasteiger partial charge on any atom is 0.277 e. The number of thiocarbonyl (C=S) groups is 1. The van der Waals surface area contributed by atoms with Crippen LogP contribution in [-0.2, 0) is 0 Å². The zero-order chi connectivity index (χ0) is 19.3. The number of benzene rings is 2. The van der Waals surface area contributed by atoms with Gasteiger partial charge in [-0.3, -0.25) is 30.3 Å². The molecule has 0 aliphatic heterocycles. The number of nitro benzene ring substituents is 2. The number of nitro groups is 2. The van der Waals surface area contributed by atoms with Crippen molar-refractivity contribution in [3.05, 3.63) is 79.9 Å². The number of amides is 1. The lowest BCUT2D eigenvalue weighted by molar-refractivity contribution is -0.394. The van der Waals surface area contributed by atoms with E-state index in [4.69, 9.17) is 12.2 Å². The average Bonchev–Trinajstić information content (AvgIpc) is 2.61. The van der Waals surface area contributed by atoms with E-state index in [1.54, 1.807) is 0 Å². The lowest BCUT2D eigenvalue weighted by atomic mass is 10.1. The molecule has 0 saturated heterocycles. The summed E-state index contributed by atoms with van der Waals surface area (Å²) in [6, 6.07) is 11.8. The maximum absolute atomic E-state index is 12.2. The summed E-state index contributed by atoms with van der Waals surface area (Å²) < 4.78 is 0. The minimum Gasteiger partial charge on any atom is -0.356 e. The Morgan fingerprint density at radius 1 is 1.04 bits per heavy atom. The van der Waals surface area contributed by atoms with Crippen LogP contribution >= 0.6 is 12.2 Å². The molecule has 0 aliphatic carbocycles. The van der Waals surface area contributed by atoms with Gasteiger partial charge < -0.3 is 5.32 Å². The summed E-state index contributed by atoms with van der Waals surface area (Å²) in [4.78, 5) is 32.4. The number of carbonyl (C=O) groups is 1. The topological polar surface area (TPSA) is 127 Å². The summed E-state index contributed by atoms with van der Waals surface area (Å²) in [6.07, 6.45) is 0. The summed E-state index contributed by atoms with van der Waals surface area (Å²) >= 11 is 5.06. The Kier molecular flexibility index (Phi) is 5.91. The summed E-state index contributed by atoms with van der Waals surface area (Å²) in [5, 5.41) is 27.0. The molecule has 26 heavy (non-hydrogen) atoms.